The van der Waals surface area contributed by atoms with Gasteiger partial charge >= 0.3 is 0 Å². The molecule has 1 heterocycles. The number of nitrogens with zero attached hydrogens (tertiary/aromatic N) is 2. The van der Waals surface area contributed by atoms with E-state index >= 15 is 0 Å². The van der Waals surface area contributed by atoms with Crippen molar-refractivity contribution >= 4 is 29.6 Å². The minimum atomic E-state index is -1.02. The lowest BCUT2D eigenvalue weighted by Gasteiger charge is -2.17. The van der Waals surface area contributed by atoms with Gasteiger partial charge in [-0.1, -0.05) is 54.6 Å². The molecule has 0 fully saturated rings. The van der Waals surface area contributed by atoms with E-state index in [0.29, 0.717) is 33.9 Å². The van der Waals surface area contributed by atoms with E-state index in [1.165, 1.54) is 0 Å². The highest BCUT2D eigenvalue weighted by Gasteiger charge is 2.34. The number of guanidine groups is 1. The molecule has 0 spiro atoms. The van der Waals surface area contributed by atoms with Crippen molar-refractivity contribution in [1.29, 1.82) is 0 Å². The molecule has 11 nitrogen and oxygen atoms in total. The predicted octanol–water partition coefficient (Wildman–Crippen LogP) is 3.48. The fourth-order valence-electron chi connectivity index (χ4n) is 4.95. The molecule has 46 heavy (non-hydrogen) atoms. The Morgan fingerprint density at radius 3 is 2.13 bits per heavy atom. The van der Waals surface area contributed by atoms with E-state index in [2.05, 4.69) is 15.6 Å². The Morgan fingerprint density at radius 2 is 1.46 bits per heavy atom. The minimum Gasteiger partial charge on any atom is -0.497 e. The molecule has 0 saturated carbocycles. The van der Waals surface area contributed by atoms with Gasteiger partial charge in [0, 0.05) is 19.5 Å². The molecule has 0 saturated heterocycles. The number of methoxy groups -OCH3 is 1. The van der Waals surface area contributed by atoms with Crippen LogP contribution in [0.3, 0.4) is 0 Å². The number of nitrogens with two attached hydrogens (primary N) is 1. The van der Waals surface area contributed by atoms with Gasteiger partial charge in [0.05, 0.1) is 24.7 Å². The average molecular weight is 620 g/mol. The van der Waals surface area contributed by atoms with Gasteiger partial charge in [-0.25, -0.2) is 4.99 Å². The number of amides is 4. The molecule has 5 rings (SSSR count). The highest BCUT2D eigenvalue weighted by Crippen LogP contribution is 2.23. The first-order chi connectivity index (χ1) is 22.3. The van der Waals surface area contributed by atoms with Crippen molar-refractivity contribution in [3.8, 4) is 17.2 Å². The van der Waals surface area contributed by atoms with E-state index in [1.807, 2.05) is 30.3 Å². The Bertz CT molecular complexity index is 1720. The van der Waals surface area contributed by atoms with Crippen molar-refractivity contribution in [3.05, 3.63) is 125 Å². The van der Waals surface area contributed by atoms with Crippen LogP contribution in [-0.4, -0.2) is 60.7 Å². The van der Waals surface area contributed by atoms with Gasteiger partial charge in [-0.15, -0.1) is 0 Å². The quantitative estimate of drug-likeness (QED) is 0.125. The lowest BCUT2D eigenvalue weighted by Crippen LogP contribution is -2.44. The zero-order chi connectivity index (χ0) is 32.5. The van der Waals surface area contributed by atoms with Gasteiger partial charge < -0.3 is 20.5 Å². The van der Waals surface area contributed by atoms with E-state index in [9.17, 15) is 19.2 Å². The molecule has 4 amide bonds. The molecule has 0 unspecified atom stereocenters. The van der Waals surface area contributed by atoms with Crippen LogP contribution in [0.4, 0.5) is 0 Å². The van der Waals surface area contributed by atoms with Crippen LogP contribution in [0.1, 0.15) is 31.8 Å². The zero-order valence-corrected chi connectivity index (χ0v) is 25.1. The van der Waals surface area contributed by atoms with Gasteiger partial charge in [-0.3, -0.25) is 29.4 Å². The Balaban J connectivity index is 1.22. The van der Waals surface area contributed by atoms with Crippen LogP contribution in [0.25, 0.3) is 0 Å². The third kappa shape index (κ3) is 7.94. The highest BCUT2D eigenvalue weighted by atomic mass is 16.5. The number of nitrogens with one attached hydrogen (secondary N) is 2. The number of para-hydroxylation sites is 1. The summed E-state index contributed by atoms with van der Waals surface area (Å²) >= 11 is 0. The summed E-state index contributed by atoms with van der Waals surface area (Å²) in [7, 11) is 1.56. The maximum Gasteiger partial charge on any atom is 0.261 e. The summed E-state index contributed by atoms with van der Waals surface area (Å²) in [4.78, 5) is 57.0. The number of carbonyl (C=O) groups is 4. The monoisotopic (exact) mass is 619 g/mol. The summed E-state index contributed by atoms with van der Waals surface area (Å²) in [6, 6.07) is 29.1. The number of hydrogen-bond donors (Lipinski definition) is 3. The van der Waals surface area contributed by atoms with Crippen LogP contribution >= 0.6 is 0 Å². The Hall–Kier alpha value is -5.97. The standard InChI is InChI=1S/C35H33N5O6/c1-45-25-16-14-23(15-17-25)21-30(32(42)37-18-19-40-33(43)28-12-5-6-13-29(28)34(40)44)38-35(36)39-31(41)22-24-8-7-11-27(20-24)46-26-9-3-2-4-10-26/h2-17,20,30H,18-19,21-22H2,1H3,(H,37,42)(H3,36,38,39,41)/t30-/m0/s1. The lowest BCUT2D eigenvalue weighted by molar-refractivity contribution is -0.122. The first kappa shape index (κ1) is 31.5. The maximum absolute atomic E-state index is 13.3. The molecule has 1 aliphatic rings. The number of fused-ring (bicyclic) bond motifs is 1. The Morgan fingerprint density at radius 1 is 0.804 bits per heavy atom. The molecule has 1 atom stereocenters. The van der Waals surface area contributed by atoms with Gasteiger partial charge in [0.25, 0.3) is 11.8 Å². The van der Waals surface area contributed by atoms with Crippen molar-refractivity contribution in [3.63, 3.8) is 0 Å². The lowest BCUT2D eigenvalue weighted by atomic mass is 10.1. The predicted molar refractivity (Wildman–Crippen MR) is 172 cm³/mol. The highest BCUT2D eigenvalue weighted by molar-refractivity contribution is 6.21. The first-order valence-corrected chi connectivity index (χ1v) is 14.6. The number of aliphatic imine (C=N–C) groups is 1. The van der Waals surface area contributed by atoms with E-state index in [-0.39, 0.29) is 31.9 Å². The van der Waals surface area contributed by atoms with Crippen molar-refractivity contribution in [2.24, 2.45) is 10.7 Å². The second kappa shape index (κ2) is 14.7. The average Bonchev–Trinajstić information content (AvgIpc) is 3.30. The first-order valence-electron chi connectivity index (χ1n) is 14.6. The van der Waals surface area contributed by atoms with Gasteiger partial charge in [-0.05, 0) is 59.7 Å². The third-order valence-corrected chi connectivity index (χ3v) is 7.21. The van der Waals surface area contributed by atoms with Crippen molar-refractivity contribution < 1.29 is 28.7 Å². The topological polar surface area (TPSA) is 152 Å². The van der Waals surface area contributed by atoms with Gasteiger partial charge in [0.15, 0.2) is 5.96 Å². The normalized spacial score (nSPS) is 13.2. The van der Waals surface area contributed by atoms with Crippen LogP contribution in [0.5, 0.6) is 17.2 Å². The summed E-state index contributed by atoms with van der Waals surface area (Å²) in [6.45, 7) is -0.0110. The summed E-state index contributed by atoms with van der Waals surface area (Å²) in [5.74, 6) is -0.0582. The van der Waals surface area contributed by atoms with Gasteiger partial charge in [0.2, 0.25) is 11.8 Å². The molecular formula is C35H33N5O6. The molecule has 234 valence electrons. The SMILES string of the molecule is COc1ccc(C[C@H](N=C(N)NC(=O)Cc2cccc(Oc3ccccc3)c2)C(=O)NCCN2C(=O)c3ccccc3C2=O)cc1. The summed E-state index contributed by atoms with van der Waals surface area (Å²) in [5, 5.41) is 5.31. The number of carbonyl (C=O) groups excluding carboxylic acids is 4. The van der Waals surface area contributed by atoms with Crippen LogP contribution in [-0.2, 0) is 22.4 Å². The molecule has 4 aromatic rings. The number of ether oxygens (including phenoxy) is 2. The molecule has 0 aromatic heterocycles. The molecular weight excluding hydrogens is 586 g/mol. The van der Waals surface area contributed by atoms with Gasteiger partial charge in [0.1, 0.15) is 23.3 Å². The second-order valence-corrected chi connectivity index (χ2v) is 10.5. The van der Waals surface area contributed by atoms with Crippen molar-refractivity contribution in [2.75, 3.05) is 20.2 Å². The fourth-order valence-corrected chi connectivity index (χ4v) is 4.95. The van der Waals surface area contributed by atoms with E-state index in [4.69, 9.17) is 15.2 Å². The molecule has 0 aliphatic carbocycles. The Labute approximate surface area is 266 Å². The minimum absolute atomic E-state index is 0.00215. The van der Waals surface area contributed by atoms with Crippen LogP contribution in [0.15, 0.2) is 108 Å². The smallest absolute Gasteiger partial charge is 0.261 e. The maximum atomic E-state index is 13.3. The summed E-state index contributed by atoms with van der Waals surface area (Å²) in [6.07, 6.45) is 0.163. The Kier molecular flexibility index (Phi) is 10.0. The van der Waals surface area contributed by atoms with E-state index < -0.39 is 29.7 Å². The van der Waals surface area contributed by atoms with Crippen molar-refractivity contribution in [1.82, 2.24) is 15.5 Å². The number of imide groups is 1. The largest absolute Gasteiger partial charge is 0.497 e. The van der Waals surface area contributed by atoms with Crippen LogP contribution in [0.2, 0.25) is 0 Å². The molecule has 0 radical (unpaired) electrons. The second-order valence-electron chi connectivity index (χ2n) is 10.5. The summed E-state index contributed by atoms with van der Waals surface area (Å²) < 4.78 is 11.1. The fraction of sp³-hybridized carbons (Fsp3) is 0.171. The molecule has 4 aromatic carbocycles. The van der Waals surface area contributed by atoms with Gasteiger partial charge in [-0.2, -0.15) is 0 Å². The van der Waals surface area contributed by atoms with E-state index in [0.717, 1.165) is 10.5 Å². The number of rotatable bonds is 12. The molecule has 0 bridgehead atoms. The molecule has 1 aliphatic heterocycles. The van der Waals surface area contributed by atoms with Crippen molar-refractivity contribution in [2.45, 2.75) is 18.9 Å². The van der Waals surface area contributed by atoms with Crippen LogP contribution < -0.4 is 25.8 Å². The third-order valence-electron chi connectivity index (χ3n) is 7.21. The van der Waals surface area contributed by atoms with Crippen LogP contribution in [0, 0.1) is 0 Å². The zero-order valence-electron chi connectivity index (χ0n) is 25.1. The molecule has 4 N–H and O–H groups in total. The van der Waals surface area contributed by atoms with E-state index in [1.54, 1.807) is 79.9 Å². The molecule has 11 heteroatoms. The number of benzene rings is 4. The number of hydrogen-bond acceptors (Lipinski definition) is 7. The summed E-state index contributed by atoms with van der Waals surface area (Å²) in [5.41, 5.74) is 8.24.